The van der Waals surface area contributed by atoms with E-state index in [9.17, 15) is 9.90 Å². The Morgan fingerprint density at radius 2 is 2.00 bits per heavy atom. The summed E-state index contributed by atoms with van der Waals surface area (Å²) >= 11 is 3.39. The van der Waals surface area contributed by atoms with Crippen LogP contribution in [-0.4, -0.2) is 28.8 Å². The van der Waals surface area contributed by atoms with Crippen LogP contribution in [0.15, 0.2) is 24.3 Å². The third kappa shape index (κ3) is 2.96. The van der Waals surface area contributed by atoms with Crippen molar-refractivity contribution in [2.24, 2.45) is 5.73 Å². The van der Waals surface area contributed by atoms with E-state index >= 15 is 0 Å². The lowest BCUT2D eigenvalue weighted by Crippen LogP contribution is -2.31. The van der Waals surface area contributed by atoms with Crippen LogP contribution in [0, 0.1) is 0 Å². The first kappa shape index (κ1) is 13.0. The number of hydrogen-bond acceptors (Lipinski definition) is 6. The van der Waals surface area contributed by atoms with E-state index in [1.165, 1.54) is 12.1 Å². The van der Waals surface area contributed by atoms with E-state index < -0.39 is 18.1 Å². The second kappa shape index (κ2) is 5.86. The van der Waals surface area contributed by atoms with Crippen molar-refractivity contribution in [3.05, 3.63) is 35.4 Å². The van der Waals surface area contributed by atoms with Crippen LogP contribution in [0.5, 0.6) is 0 Å². The summed E-state index contributed by atoms with van der Waals surface area (Å²) in [5.74, 6) is -0.573. The molecule has 0 spiro atoms. The van der Waals surface area contributed by atoms with Crippen molar-refractivity contribution >= 4 is 18.9 Å². The number of rotatable bonds is 4. The zero-order chi connectivity index (χ0) is 12.1. The van der Waals surface area contributed by atoms with Gasteiger partial charge >= 0.3 is 5.97 Å². The lowest BCUT2D eigenvalue weighted by Gasteiger charge is -2.16. The molecule has 5 nitrogen and oxygen atoms in total. The topological polar surface area (TPSA) is 92.8 Å². The third-order valence-electron chi connectivity index (χ3n) is 2.19. The van der Waals surface area contributed by atoms with Crippen LogP contribution >= 0.6 is 12.9 Å². The number of hydrogen-bond donors (Lipinski definition) is 4. The number of aliphatic hydroxyl groups excluding tert-OH is 2. The van der Waals surface area contributed by atoms with Crippen LogP contribution in [0.4, 0.5) is 0 Å². The molecule has 4 N–H and O–H groups in total. The first-order valence-corrected chi connectivity index (χ1v) is 4.97. The number of carbonyl (C=O) groups excluding carboxylic acids is 1. The van der Waals surface area contributed by atoms with Gasteiger partial charge in [0.2, 0.25) is 0 Å². The van der Waals surface area contributed by atoms with Gasteiger partial charge < -0.3 is 20.1 Å². The van der Waals surface area contributed by atoms with Crippen LogP contribution in [0.25, 0.3) is 0 Å². The zero-order valence-corrected chi connectivity index (χ0v) is 9.30. The number of nitrogens with two attached hydrogens (primary N) is 1. The first-order chi connectivity index (χ1) is 7.60. The number of aliphatic hydroxyl groups is 2. The first-order valence-electron chi connectivity index (χ1n) is 4.60. The summed E-state index contributed by atoms with van der Waals surface area (Å²) in [6.07, 6.45) is -0.967. The molecule has 0 unspecified atom stereocenters. The fraction of sp³-hybridized carbons (Fsp3) is 0.300. The molecule has 0 aliphatic rings. The molecule has 6 heteroatoms. The highest BCUT2D eigenvalue weighted by molar-refractivity contribution is 7.75. The molecule has 0 aliphatic carbocycles. The summed E-state index contributed by atoms with van der Waals surface area (Å²) in [6, 6.07) is 5.31. The van der Waals surface area contributed by atoms with Crippen LogP contribution in [0.1, 0.15) is 22.0 Å². The van der Waals surface area contributed by atoms with Gasteiger partial charge in [-0.3, -0.25) is 0 Å². The minimum Gasteiger partial charge on any atom is -0.395 e. The standard InChI is InChI=1S/C10H13NO4S/c11-8(5-12)9(13)6-1-3-7(4-2-6)10(14)15-16/h1-4,8-9,12-13,16H,5,11H2/t8-,9-/m1/s1. The molecule has 0 radical (unpaired) electrons. The Morgan fingerprint density at radius 3 is 2.44 bits per heavy atom. The molecule has 2 atom stereocenters. The van der Waals surface area contributed by atoms with Gasteiger partial charge in [-0.05, 0) is 17.7 Å². The smallest absolute Gasteiger partial charge is 0.349 e. The minimum absolute atomic E-state index is 0.318. The van der Waals surface area contributed by atoms with Gasteiger partial charge in [0.05, 0.1) is 24.3 Å². The highest BCUT2D eigenvalue weighted by Gasteiger charge is 2.16. The maximum Gasteiger partial charge on any atom is 0.349 e. The Kier molecular flexibility index (Phi) is 4.75. The Bertz CT molecular complexity index is 354. The summed E-state index contributed by atoms with van der Waals surface area (Å²) in [4.78, 5) is 11.1. The molecule has 0 saturated heterocycles. The predicted molar refractivity (Wildman–Crippen MR) is 60.9 cm³/mol. The van der Waals surface area contributed by atoms with Crippen LogP contribution in [0.3, 0.4) is 0 Å². The minimum atomic E-state index is -0.967. The molecule has 0 bridgehead atoms. The van der Waals surface area contributed by atoms with Gasteiger partial charge in [-0.1, -0.05) is 12.1 Å². The van der Waals surface area contributed by atoms with Crippen molar-refractivity contribution in [3.63, 3.8) is 0 Å². The molecular weight excluding hydrogens is 230 g/mol. The zero-order valence-electron chi connectivity index (χ0n) is 8.41. The summed E-state index contributed by atoms with van der Waals surface area (Å²) < 4.78 is 4.23. The van der Waals surface area contributed by atoms with Gasteiger partial charge in [-0.2, -0.15) is 0 Å². The molecule has 0 aromatic heterocycles. The quantitative estimate of drug-likeness (QED) is 0.442. The average Bonchev–Trinajstić information content (AvgIpc) is 2.36. The van der Waals surface area contributed by atoms with E-state index in [-0.39, 0.29) is 6.61 Å². The summed E-state index contributed by atoms with van der Waals surface area (Å²) in [5.41, 5.74) is 6.32. The van der Waals surface area contributed by atoms with E-state index in [1.807, 2.05) is 0 Å². The van der Waals surface area contributed by atoms with Crippen LogP contribution in [-0.2, 0) is 4.18 Å². The van der Waals surface area contributed by atoms with Gasteiger partial charge in [0, 0.05) is 12.9 Å². The van der Waals surface area contributed by atoms with Crippen molar-refractivity contribution in [2.75, 3.05) is 6.61 Å². The molecule has 88 valence electrons. The van der Waals surface area contributed by atoms with E-state index in [0.29, 0.717) is 11.1 Å². The highest BCUT2D eigenvalue weighted by atomic mass is 32.1. The Hall–Kier alpha value is -1.08. The van der Waals surface area contributed by atoms with E-state index in [2.05, 4.69) is 17.1 Å². The summed E-state index contributed by atoms with van der Waals surface area (Å²) in [7, 11) is 0. The number of thiol groups is 1. The van der Waals surface area contributed by atoms with E-state index in [0.717, 1.165) is 0 Å². The highest BCUT2D eigenvalue weighted by Crippen LogP contribution is 2.16. The fourth-order valence-electron chi connectivity index (χ4n) is 1.22. The summed E-state index contributed by atoms with van der Waals surface area (Å²) in [5, 5.41) is 18.4. The molecule has 0 amide bonds. The van der Waals surface area contributed by atoms with Crippen molar-refractivity contribution < 1.29 is 19.2 Å². The second-order valence-corrected chi connectivity index (χ2v) is 3.47. The molecule has 1 rings (SSSR count). The van der Waals surface area contributed by atoms with Crippen molar-refractivity contribution in [3.8, 4) is 0 Å². The lowest BCUT2D eigenvalue weighted by atomic mass is 10.0. The molecule has 0 fully saturated rings. The van der Waals surface area contributed by atoms with Crippen molar-refractivity contribution in [1.29, 1.82) is 0 Å². The largest absolute Gasteiger partial charge is 0.395 e. The second-order valence-electron chi connectivity index (χ2n) is 3.29. The average molecular weight is 243 g/mol. The van der Waals surface area contributed by atoms with Gasteiger partial charge in [-0.25, -0.2) is 4.79 Å². The van der Waals surface area contributed by atoms with Gasteiger partial charge in [0.15, 0.2) is 0 Å². The molecule has 0 saturated carbocycles. The number of carbonyl (C=O) groups is 1. The van der Waals surface area contributed by atoms with Crippen molar-refractivity contribution in [2.45, 2.75) is 12.1 Å². The Labute approximate surface area is 98.5 Å². The van der Waals surface area contributed by atoms with E-state index in [4.69, 9.17) is 10.8 Å². The molecule has 1 aromatic rings. The van der Waals surface area contributed by atoms with Gasteiger partial charge in [-0.15, -0.1) is 0 Å². The predicted octanol–water partition coefficient (Wildman–Crippen LogP) is 0.0412. The molecule has 16 heavy (non-hydrogen) atoms. The van der Waals surface area contributed by atoms with Crippen LogP contribution < -0.4 is 5.73 Å². The SMILES string of the molecule is N[C@H](CO)[C@H](O)c1ccc(C(=O)OS)cc1. The van der Waals surface area contributed by atoms with E-state index in [1.54, 1.807) is 12.1 Å². The fourth-order valence-corrected chi connectivity index (χ4v) is 1.32. The Balaban J connectivity index is 2.82. The lowest BCUT2D eigenvalue weighted by molar-refractivity contribution is 0.0771. The Morgan fingerprint density at radius 1 is 1.44 bits per heavy atom. The number of benzene rings is 1. The monoisotopic (exact) mass is 243 g/mol. The normalized spacial score (nSPS) is 14.2. The van der Waals surface area contributed by atoms with Gasteiger partial charge in [0.1, 0.15) is 0 Å². The molecule has 0 aliphatic heterocycles. The van der Waals surface area contributed by atoms with Crippen molar-refractivity contribution in [1.82, 2.24) is 0 Å². The van der Waals surface area contributed by atoms with Gasteiger partial charge in [0.25, 0.3) is 0 Å². The molecular formula is C10H13NO4S. The summed E-state index contributed by atoms with van der Waals surface area (Å²) in [6.45, 7) is -0.318. The third-order valence-corrected chi connectivity index (χ3v) is 2.35. The van der Waals surface area contributed by atoms with Crippen LogP contribution in [0.2, 0.25) is 0 Å². The maximum absolute atomic E-state index is 11.1. The maximum atomic E-state index is 11.1. The molecule has 1 aromatic carbocycles. The molecule has 0 heterocycles.